The maximum absolute atomic E-state index is 12.8. The molecule has 0 spiro atoms. The molecule has 0 amide bonds. The van der Waals surface area contributed by atoms with Crippen LogP contribution < -0.4 is 10.3 Å². The highest BCUT2D eigenvalue weighted by atomic mass is 32.1. The van der Waals surface area contributed by atoms with Crippen LogP contribution in [0.2, 0.25) is 0 Å². The molecule has 152 valence electrons. The fraction of sp³-hybridized carbons (Fsp3) is 0.167. The second-order valence-corrected chi connectivity index (χ2v) is 7.94. The Morgan fingerprint density at radius 2 is 1.90 bits per heavy atom. The lowest BCUT2D eigenvalue weighted by molar-refractivity contribution is 0.314. The third-order valence-corrected chi connectivity index (χ3v) is 5.53. The number of thiazole rings is 1. The van der Waals surface area contributed by atoms with Crippen molar-refractivity contribution in [2.75, 3.05) is 13.7 Å². The first kappa shape index (κ1) is 20.1. The molecule has 0 radical (unpaired) electrons. The molecule has 2 aromatic heterocycles. The van der Waals surface area contributed by atoms with E-state index in [-0.39, 0.29) is 5.56 Å². The van der Waals surface area contributed by atoms with Gasteiger partial charge in [-0.3, -0.25) is 14.1 Å². The number of ether oxygens (including phenoxy) is 1. The zero-order chi connectivity index (χ0) is 20.9. The lowest BCUT2D eigenvalue weighted by Crippen LogP contribution is -2.21. The van der Waals surface area contributed by atoms with E-state index in [0.29, 0.717) is 18.1 Å². The number of aromatic nitrogens is 2. The molecule has 0 aliphatic heterocycles. The Morgan fingerprint density at radius 1 is 1.13 bits per heavy atom. The average molecular weight is 418 g/mol. The van der Waals surface area contributed by atoms with Gasteiger partial charge in [-0.1, -0.05) is 55.1 Å². The number of benzene rings is 2. The summed E-state index contributed by atoms with van der Waals surface area (Å²) in [5, 5.41) is 1.99. The minimum atomic E-state index is -0.0489. The molecule has 6 heteroatoms. The van der Waals surface area contributed by atoms with Crippen LogP contribution in [0.4, 0.5) is 0 Å². The fourth-order valence-corrected chi connectivity index (χ4v) is 4.27. The Kier molecular flexibility index (Phi) is 6.07. The van der Waals surface area contributed by atoms with Crippen molar-refractivity contribution in [2.45, 2.75) is 13.1 Å². The predicted octanol–water partition coefficient (Wildman–Crippen LogP) is 4.62. The van der Waals surface area contributed by atoms with Gasteiger partial charge >= 0.3 is 0 Å². The number of fused-ring (bicyclic) bond motifs is 1. The van der Waals surface area contributed by atoms with Gasteiger partial charge in [0.25, 0.3) is 5.56 Å². The van der Waals surface area contributed by atoms with Crippen molar-refractivity contribution in [3.8, 4) is 17.0 Å². The summed E-state index contributed by atoms with van der Waals surface area (Å²) < 4.78 is 7.21. The van der Waals surface area contributed by atoms with E-state index < -0.39 is 0 Å². The summed E-state index contributed by atoms with van der Waals surface area (Å²) in [6.07, 6.45) is 1.73. The van der Waals surface area contributed by atoms with Crippen LogP contribution in [0, 0.1) is 0 Å². The minimum Gasteiger partial charge on any atom is -0.490 e. The molecule has 0 atom stereocenters. The second kappa shape index (κ2) is 9.07. The quantitative estimate of drug-likeness (QED) is 0.393. The molecule has 0 saturated carbocycles. The molecule has 4 aromatic rings. The Bertz CT molecular complexity index is 1200. The molecule has 0 unspecified atom stereocenters. The van der Waals surface area contributed by atoms with Gasteiger partial charge < -0.3 is 4.74 Å². The van der Waals surface area contributed by atoms with Crippen molar-refractivity contribution in [3.63, 3.8) is 0 Å². The van der Waals surface area contributed by atoms with Crippen molar-refractivity contribution in [2.24, 2.45) is 0 Å². The van der Waals surface area contributed by atoms with E-state index in [4.69, 9.17) is 9.72 Å². The van der Waals surface area contributed by atoms with Crippen LogP contribution in [0.5, 0.6) is 5.75 Å². The van der Waals surface area contributed by atoms with Gasteiger partial charge in [0.2, 0.25) is 0 Å². The highest BCUT2D eigenvalue weighted by Crippen LogP contribution is 2.24. The summed E-state index contributed by atoms with van der Waals surface area (Å²) in [6.45, 7) is 5.50. The van der Waals surface area contributed by atoms with Crippen LogP contribution in [-0.4, -0.2) is 27.9 Å². The Labute approximate surface area is 179 Å². The molecule has 0 bridgehead atoms. The Morgan fingerprint density at radius 3 is 2.63 bits per heavy atom. The standard InChI is InChI=1S/C24H23N3O2S/c1-3-13-29-21-11-9-18(10-12-21)15-26(2)16-20-14-23(28)27-22(17-30-24(27)25-20)19-7-5-4-6-8-19/h3-12,14,17H,1,13,15-16H2,2H3. The van der Waals surface area contributed by atoms with Crippen LogP contribution in [0.15, 0.2) is 83.5 Å². The highest BCUT2D eigenvalue weighted by Gasteiger charge is 2.12. The topological polar surface area (TPSA) is 46.8 Å². The second-order valence-electron chi connectivity index (χ2n) is 7.11. The molecule has 2 heterocycles. The van der Waals surface area contributed by atoms with Crippen molar-refractivity contribution in [1.82, 2.24) is 14.3 Å². The molecule has 30 heavy (non-hydrogen) atoms. The van der Waals surface area contributed by atoms with Crippen LogP contribution in [0.25, 0.3) is 16.2 Å². The van der Waals surface area contributed by atoms with E-state index in [1.807, 2.05) is 67.0 Å². The lowest BCUT2D eigenvalue weighted by Gasteiger charge is -2.16. The van der Waals surface area contributed by atoms with Crippen molar-refractivity contribution >= 4 is 16.3 Å². The third kappa shape index (κ3) is 4.50. The summed E-state index contributed by atoms with van der Waals surface area (Å²) in [6, 6.07) is 19.6. The number of hydrogen-bond acceptors (Lipinski definition) is 5. The summed E-state index contributed by atoms with van der Waals surface area (Å²) in [7, 11) is 2.02. The molecule has 0 aliphatic rings. The smallest absolute Gasteiger partial charge is 0.259 e. The normalized spacial score (nSPS) is 11.1. The number of hydrogen-bond donors (Lipinski definition) is 0. The molecular weight excluding hydrogens is 394 g/mol. The molecule has 0 fully saturated rings. The first-order valence-electron chi connectivity index (χ1n) is 9.71. The molecule has 0 N–H and O–H groups in total. The van der Waals surface area contributed by atoms with Gasteiger partial charge in [0, 0.05) is 24.5 Å². The summed E-state index contributed by atoms with van der Waals surface area (Å²) in [5.41, 5.74) is 3.79. The Balaban J connectivity index is 1.49. The van der Waals surface area contributed by atoms with E-state index in [2.05, 4.69) is 11.5 Å². The third-order valence-electron chi connectivity index (χ3n) is 4.70. The van der Waals surface area contributed by atoms with E-state index >= 15 is 0 Å². The number of nitrogens with zero attached hydrogens (tertiary/aromatic N) is 3. The minimum absolute atomic E-state index is 0.0489. The fourth-order valence-electron chi connectivity index (χ4n) is 3.35. The molecule has 2 aromatic carbocycles. The maximum atomic E-state index is 12.8. The molecular formula is C24H23N3O2S. The van der Waals surface area contributed by atoms with Gasteiger partial charge in [-0.2, -0.15) is 0 Å². The van der Waals surface area contributed by atoms with E-state index in [0.717, 1.165) is 29.2 Å². The van der Waals surface area contributed by atoms with Crippen LogP contribution in [0.3, 0.4) is 0 Å². The van der Waals surface area contributed by atoms with Gasteiger partial charge in [-0.25, -0.2) is 4.98 Å². The molecule has 4 rings (SSSR count). The summed E-state index contributed by atoms with van der Waals surface area (Å²) >= 11 is 1.49. The largest absolute Gasteiger partial charge is 0.490 e. The highest BCUT2D eigenvalue weighted by molar-refractivity contribution is 7.15. The summed E-state index contributed by atoms with van der Waals surface area (Å²) in [5.74, 6) is 0.827. The van der Waals surface area contributed by atoms with Gasteiger partial charge in [-0.05, 0) is 30.3 Å². The maximum Gasteiger partial charge on any atom is 0.259 e. The van der Waals surface area contributed by atoms with Gasteiger partial charge in [0.15, 0.2) is 4.96 Å². The predicted molar refractivity (Wildman–Crippen MR) is 122 cm³/mol. The first-order valence-corrected chi connectivity index (χ1v) is 10.6. The molecule has 0 aliphatic carbocycles. The molecule has 0 saturated heterocycles. The lowest BCUT2D eigenvalue weighted by atomic mass is 10.2. The monoisotopic (exact) mass is 417 g/mol. The van der Waals surface area contributed by atoms with E-state index in [1.54, 1.807) is 16.5 Å². The van der Waals surface area contributed by atoms with Gasteiger partial charge in [-0.15, -0.1) is 11.3 Å². The molecule has 5 nitrogen and oxygen atoms in total. The van der Waals surface area contributed by atoms with Crippen LogP contribution >= 0.6 is 11.3 Å². The average Bonchev–Trinajstić information content (AvgIpc) is 3.18. The van der Waals surface area contributed by atoms with Crippen molar-refractivity contribution in [3.05, 3.63) is 100 Å². The number of rotatable bonds is 8. The van der Waals surface area contributed by atoms with Crippen LogP contribution in [0.1, 0.15) is 11.3 Å². The SMILES string of the molecule is C=CCOc1ccc(CN(C)Cc2cc(=O)n3c(-c4ccccc4)csc3n2)cc1. The van der Waals surface area contributed by atoms with Crippen LogP contribution in [-0.2, 0) is 13.1 Å². The van der Waals surface area contributed by atoms with Gasteiger partial charge in [0.1, 0.15) is 12.4 Å². The Hall–Kier alpha value is -3.22. The first-order chi connectivity index (χ1) is 14.6. The van der Waals surface area contributed by atoms with E-state index in [9.17, 15) is 4.79 Å². The van der Waals surface area contributed by atoms with Gasteiger partial charge in [0.05, 0.1) is 11.4 Å². The van der Waals surface area contributed by atoms with Crippen molar-refractivity contribution < 1.29 is 4.74 Å². The summed E-state index contributed by atoms with van der Waals surface area (Å²) in [4.78, 5) is 20.4. The zero-order valence-electron chi connectivity index (χ0n) is 16.8. The zero-order valence-corrected chi connectivity index (χ0v) is 17.6. The van der Waals surface area contributed by atoms with Crippen molar-refractivity contribution in [1.29, 1.82) is 0 Å². The van der Waals surface area contributed by atoms with E-state index in [1.165, 1.54) is 16.9 Å².